The summed E-state index contributed by atoms with van der Waals surface area (Å²) in [6, 6.07) is 0.452. The molecule has 15 heavy (non-hydrogen) atoms. The second-order valence-electron chi connectivity index (χ2n) is 6.00. The predicted molar refractivity (Wildman–Crippen MR) is 58.6 cm³/mol. The zero-order valence-corrected chi connectivity index (χ0v) is 10.0. The summed E-state index contributed by atoms with van der Waals surface area (Å²) in [5.41, 5.74) is 0.194. The zero-order valence-electron chi connectivity index (χ0n) is 10.0. The maximum absolute atomic E-state index is 11.0. The van der Waals surface area contributed by atoms with Crippen LogP contribution in [0.1, 0.15) is 27.7 Å². The van der Waals surface area contributed by atoms with Crippen LogP contribution in [0.4, 0.5) is 0 Å². The fourth-order valence-corrected chi connectivity index (χ4v) is 3.49. The molecule has 2 rings (SSSR count). The van der Waals surface area contributed by atoms with Gasteiger partial charge in [0, 0.05) is 12.6 Å². The van der Waals surface area contributed by atoms with E-state index >= 15 is 0 Å². The number of hydrogen-bond acceptors (Lipinski definition) is 2. The van der Waals surface area contributed by atoms with E-state index in [1.165, 1.54) is 0 Å². The van der Waals surface area contributed by atoms with E-state index in [-0.39, 0.29) is 11.3 Å². The summed E-state index contributed by atoms with van der Waals surface area (Å²) in [4.78, 5) is 13.5. The molecule has 2 unspecified atom stereocenters. The Hall–Kier alpha value is -0.570. The van der Waals surface area contributed by atoms with Gasteiger partial charge in [0.15, 0.2) is 0 Å². The third-order valence-corrected chi connectivity index (χ3v) is 4.01. The molecule has 0 radical (unpaired) electrons. The Morgan fingerprint density at radius 1 is 1.47 bits per heavy atom. The number of nitrogens with zero attached hydrogens (tertiary/aromatic N) is 1. The molecule has 86 valence electrons. The van der Waals surface area contributed by atoms with Gasteiger partial charge in [-0.3, -0.25) is 9.69 Å². The highest BCUT2D eigenvalue weighted by Crippen LogP contribution is 2.59. The van der Waals surface area contributed by atoms with Crippen LogP contribution in [0.3, 0.4) is 0 Å². The van der Waals surface area contributed by atoms with E-state index in [0.29, 0.717) is 17.9 Å². The summed E-state index contributed by atoms with van der Waals surface area (Å²) >= 11 is 0. The fourth-order valence-electron chi connectivity index (χ4n) is 3.49. The van der Waals surface area contributed by atoms with Crippen LogP contribution in [0.5, 0.6) is 0 Å². The van der Waals surface area contributed by atoms with Crippen molar-refractivity contribution in [3.63, 3.8) is 0 Å². The lowest BCUT2D eigenvalue weighted by atomic mass is 9.83. The predicted octanol–water partition coefficient (Wildman–Crippen LogP) is 1.68. The van der Waals surface area contributed by atoms with Gasteiger partial charge < -0.3 is 5.11 Å². The molecule has 2 aliphatic rings. The molecule has 4 atom stereocenters. The van der Waals surface area contributed by atoms with Gasteiger partial charge in [-0.2, -0.15) is 0 Å². The SMILES string of the molecule is CCN1C[C@H]2C(C(=O)O)[C@H]2C1C(C)(C)C. The number of likely N-dealkylation sites (tertiary alicyclic amines) is 1. The summed E-state index contributed by atoms with van der Waals surface area (Å²) < 4.78 is 0. The number of piperidine rings is 1. The maximum Gasteiger partial charge on any atom is 0.307 e. The Balaban J connectivity index is 2.16. The van der Waals surface area contributed by atoms with Gasteiger partial charge >= 0.3 is 5.97 Å². The molecule has 1 saturated heterocycles. The molecule has 0 bridgehead atoms. The standard InChI is InChI=1S/C12H21NO2/c1-5-13-6-7-8(9(7)11(14)15)10(13)12(2,3)4/h7-10H,5-6H2,1-4H3,(H,14,15)/t7-,8+,9?,10?/m1/s1. The van der Waals surface area contributed by atoms with Gasteiger partial charge in [-0.05, 0) is 23.8 Å². The average molecular weight is 211 g/mol. The molecule has 1 N–H and O–H groups in total. The Morgan fingerprint density at radius 3 is 2.47 bits per heavy atom. The summed E-state index contributed by atoms with van der Waals surface area (Å²) in [6.45, 7) is 10.9. The van der Waals surface area contributed by atoms with E-state index in [2.05, 4.69) is 32.6 Å². The molecule has 3 heteroatoms. The molecule has 1 aliphatic carbocycles. The van der Waals surface area contributed by atoms with Gasteiger partial charge in [-0.15, -0.1) is 0 Å². The molecule has 3 nitrogen and oxygen atoms in total. The van der Waals surface area contributed by atoms with Crippen molar-refractivity contribution in [2.75, 3.05) is 13.1 Å². The van der Waals surface area contributed by atoms with E-state index in [9.17, 15) is 4.79 Å². The van der Waals surface area contributed by atoms with Crippen molar-refractivity contribution in [3.8, 4) is 0 Å². The van der Waals surface area contributed by atoms with Crippen molar-refractivity contribution in [3.05, 3.63) is 0 Å². The molecular weight excluding hydrogens is 190 g/mol. The number of carboxylic acid groups (broad SMARTS) is 1. The molecule has 0 aromatic rings. The quantitative estimate of drug-likeness (QED) is 0.755. The number of rotatable bonds is 2. The molecule has 0 aromatic carbocycles. The van der Waals surface area contributed by atoms with Crippen LogP contribution < -0.4 is 0 Å². The highest BCUT2D eigenvalue weighted by atomic mass is 16.4. The monoisotopic (exact) mass is 211 g/mol. The summed E-state index contributed by atoms with van der Waals surface area (Å²) in [5.74, 6) is 0.182. The van der Waals surface area contributed by atoms with Gasteiger partial charge in [-0.25, -0.2) is 0 Å². The highest BCUT2D eigenvalue weighted by Gasteiger charge is 2.66. The topological polar surface area (TPSA) is 40.5 Å². The van der Waals surface area contributed by atoms with Crippen LogP contribution in [-0.2, 0) is 4.79 Å². The van der Waals surface area contributed by atoms with Crippen LogP contribution in [0.25, 0.3) is 0 Å². The van der Waals surface area contributed by atoms with Crippen molar-refractivity contribution in [2.24, 2.45) is 23.2 Å². The molecule has 1 heterocycles. The van der Waals surface area contributed by atoms with Gasteiger partial charge in [-0.1, -0.05) is 27.7 Å². The first-order valence-corrected chi connectivity index (χ1v) is 5.84. The van der Waals surface area contributed by atoms with Crippen LogP contribution in [0.15, 0.2) is 0 Å². The second-order valence-corrected chi connectivity index (χ2v) is 6.00. The van der Waals surface area contributed by atoms with Crippen molar-refractivity contribution < 1.29 is 9.90 Å². The Kier molecular flexibility index (Phi) is 2.34. The lowest BCUT2D eigenvalue weighted by molar-refractivity contribution is -0.140. The van der Waals surface area contributed by atoms with Crippen molar-refractivity contribution in [1.29, 1.82) is 0 Å². The third-order valence-electron chi connectivity index (χ3n) is 4.01. The van der Waals surface area contributed by atoms with Crippen LogP contribution in [0, 0.1) is 23.2 Å². The molecule has 0 spiro atoms. The van der Waals surface area contributed by atoms with Crippen molar-refractivity contribution in [2.45, 2.75) is 33.7 Å². The Bertz CT molecular complexity index is 282. The first kappa shape index (κ1) is 10.9. The number of hydrogen-bond donors (Lipinski definition) is 1. The number of aliphatic carboxylic acids is 1. The summed E-state index contributed by atoms with van der Waals surface area (Å²) in [6.07, 6.45) is 0. The average Bonchev–Trinajstić information content (AvgIpc) is 2.64. The lowest BCUT2D eigenvalue weighted by Crippen LogP contribution is -2.43. The fraction of sp³-hybridized carbons (Fsp3) is 0.917. The molecule has 0 aromatic heterocycles. The first-order valence-electron chi connectivity index (χ1n) is 5.84. The molecule has 2 fully saturated rings. The number of carbonyl (C=O) groups is 1. The Morgan fingerprint density at radius 2 is 2.07 bits per heavy atom. The van der Waals surface area contributed by atoms with E-state index in [1.54, 1.807) is 0 Å². The lowest BCUT2D eigenvalue weighted by Gasteiger charge is -2.37. The van der Waals surface area contributed by atoms with Gasteiger partial charge in [0.25, 0.3) is 0 Å². The van der Waals surface area contributed by atoms with E-state index in [0.717, 1.165) is 13.1 Å². The van der Waals surface area contributed by atoms with Crippen LogP contribution >= 0.6 is 0 Å². The smallest absolute Gasteiger partial charge is 0.307 e. The maximum atomic E-state index is 11.0. The minimum absolute atomic E-state index is 0.0583. The zero-order chi connectivity index (χ0) is 11.4. The summed E-state index contributed by atoms with van der Waals surface area (Å²) in [7, 11) is 0. The Labute approximate surface area is 91.5 Å². The molecule has 0 amide bonds. The second kappa shape index (κ2) is 3.21. The third kappa shape index (κ3) is 1.57. The van der Waals surface area contributed by atoms with Gasteiger partial charge in [0.05, 0.1) is 5.92 Å². The van der Waals surface area contributed by atoms with Crippen molar-refractivity contribution in [1.82, 2.24) is 4.90 Å². The van der Waals surface area contributed by atoms with Gasteiger partial charge in [0.2, 0.25) is 0 Å². The summed E-state index contributed by atoms with van der Waals surface area (Å²) in [5, 5.41) is 9.08. The van der Waals surface area contributed by atoms with E-state index in [1.807, 2.05) is 0 Å². The minimum Gasteiger partial charge on any atom is -0.481 e. The van der Waals surface area contributed by atoms with E-state index in [4.69, 9.17) is 5.11 Å². The minimum atomic E-state index is -0.588. The van der Waals surface area contributed by atoms with Crippen LogP contribution in [-0.4, -0.2) is 35.1 Å². The largest absolute Gasteiger partial charge is 0.481 e. The van der Waals surface area contributed by atoms with Crippen LogP contribution in [0.2, 0.25) is 0 Å². The highest BCUT2D eigenvalue weighted by molar-refractivity contribution is 5.75. The first-order chi connectivity index (χ1) is 6.88. The normalized spacial score (nSPS) is 40.3. The number of fused-ring (bicyclic) bond motifs is 1. The number of carboxylic acids is 1. The molecule has 1 aliphatic heterocycles. The molecule has 1 saturated carbocycles. The molecular formula is C12H21NO2. The van der Waals surface area contributed by atoms with Gasteiger partial charge in [0.1, 0.15) is 0 Å². The van der Waals surface area contributed by atoms with E-state index < -0.39 is 5.97 Å². The van der Waals surface area contributed by atoms with Crippen molar-refractivity contribution >= 4 is 5.97 Å².